The largest absolute Gasteiger partial charge is 0.486 e. The Morgan fingerprint density at radius 2 is 1.90 bits per heavy atom. The highest BCUT2D eigenvalue weighted by molar-refractivity contribution is 9.10. The van der Waals surface area contributed by atoms with Crippen LogP contribution < -0.4 is 14.8 Å². The van der Waals surface area contributed by atoms with Gasteiger partial charge in [-0.2, -0.15) is 0 Å². The van der Waals surface area contributed by atoms with E-state index in [1.54, 1.807) is 0 Å². The maximum Gasteiger partial charge on any atom is 0.161 e. The molecule has 0 spiro atoms. The average molecular weight is 334 g/mol. The predicted molar refractivity (Wildman–Crippen MR) is 83.6 cm³/mol. The van der Waals surface area contributed by atoms with Gasteiger partial charge in [-0.25, -0.2) is 0 Å². The first-order valence-corrected chi connectivity index (χ1v) is 7.41. The first kappa shape index (κ1) is 13.3. The summed E-state index contributed by atoms with van der Waals surface area (Å²) in [6.07, 6.45) is 0. The predicted octanol–water partition coefficient (Wildman–Crippen LogP) is 4.14. The second-order valence-electron chi connectivity index (χ2n) is 4.74. The molecule has 20 heavy (non-hydrogen) atoms. The molecule has 3 rings (SSSR count). The van der Waals surface area contributed by atoms with Crippen LogP contribution in [0, 0.1) is 6.92 Å². The van der Waals surface area contributed by atoms with Gasteiger partial charge >= 0.3 is 0 Å². The fourth-order valence-corrected chi connectivity index (χ4v) is 2.56. The van der Waals surface area contributed by atoms with Gasteiger partial charge in [-0.1, -0.05) is 28.1 Å². The van der Waals surface area contributed by atoms with Crippen LogP contribution in [0.15, 0.2) is 40.9 Å². The summed E-state index contributed by atoms with van der Waals surface area (Å²) in [6.45, 7) is 4.10. The van der Waals surface area contributed by atoms with Gasteiger partial charge in [-0.05, 0) is 42.3 Å². The lowest BCUT2D eigenvalue weighted by molar-refractivity contribution is 0.171. The second kappa shape index (κ2) is 5.75. The standard InChI is InChI=1S/C16H16BrNO2/c1-11-13(17)3-2-4-14(11)18-10-12-5-6-15-16(9-12)20-8-7-19-15/h2-6,9,18H,7-8,10H2,1H3. The van der Waals surface area contributed by atoms with Crippen LogP contribution in [-0.4, -0.2) is 13.2 Å². The van der Waals surface area contributed by atoms with E-state index in [1.807, 2.05) is 24.3 Å². The monoisotopic (exact) mass is 333 g/mol. The summed E-state index contributed by atoms with van der Waals surface area (Å²) in [5, 5.41) is 3.45. The van der Waals surface area contributed by atoms with E-state index in [1.165, 1.54) is 11.1 Å². The molecule has 0 saturated heterocycles. The van der Waals surface area contributed by atoms with E-state index in [2.05, 4.69) is 40.3 Å². The third-order valence-electron chi connectivity index (χ3n) is 3.36. The topological polar surface area (TPSA) is 30.5 Å². The van der Waals surface area contributed by atoms with Crippen LogP contribution in [0.25, 0.3) is 0 Å². The maximum absolute atomic E-state index is 5.60. The molecule has 2 aromatic carbocycles. The molecule has 0 amide bonds. The third-order valence-corrected chi connectivity index (χ3v) is 4.22. The van der Waals surface area contributed by atoms with Gasteiger partial charge in [0.15, 0.2) is 11.5 Å². The van der Waals surface area contributed by atoms with Crippen LogP contribution in [0.1, 0.15) is 11.1 Å². The lowest BCUT2D eigenvalue weighted by Crippen LogP contribution is -2.15. The first-order chi connectivity index (χ1) is 9.74. The summed E-state index contributed by atoms with van der Waals surface area (Å²) in [5.74, 6) is 1.67. The number of fused-ring (bicyclic) bond motifs is 1. The molecule has 0 radical (unpaired) electrons. The molecule has 0 aromatic heterocycles. The lowest BCUT2D eigenvalue weighted by Gasteiger charge is -2.19. The highest BCUT2D eigenvalue weighted by Gasteiger charge is 2.11. The molecule has 0 aliphatic carbocycles. The van der Waals surface area contributed by atoms with E-state index in [0.29, 0.717) is 13.2 Å². The summed E-state index contributed by atoms with van der Waals surface area (Å²) in [5.41, 5.74) is 3.52. The maximum atomic E-state index is 5.60. The number of halogens is 1. The Morgan fingerprint density at radius 3 is 2.75 bits per heavy atom. The van der Waals surface area contributed by atoms with Gasteiger partial charge in [0.25, 0.3) is 0 Å². The molecule has 0 saturated carbocycles. The number of ether oxygens (including phenoxy) is 2. The van der Waals surface area contributed by atoms with E-state index in [4.69, 9.17) is 9.47 Å². The molecule has 104 valence electrons. The number of hydrogen-bond donors (Lipinski definition) is 1. The molecule has 3 nitrogen and oxygen atoms in total. The number of nitrogens with one attached hydrogen (secondary N) is 1. The Labute approximate surface area is 127 Å². The molecular formula is C16H16BrNO2. The van der Waals surface area contributed by atoms with Gasteiger partial charge in [-0.15, -0.1) is 0 Å². The van der Waals surface area contributed by atoms with E-state index in [9.17, 15) is 0 Å². The zero-order valence-electron chi connectivity index (χ0n) is 11.3. The van der Waals surface area contributed by atoms with Crippen molar-refractivity contribution in [2.75, 3.05) is 18.5 Å². The van der Waals surface area contributed by atoms with Crippen LogP contribution in [-0.2, 0) is 6.54 Å². The smallest absolute Gasteiger partial charge is 0.161 e. The Morgan fingerprint density at radius 1 is 1.10 bits per heavy atom. The van der Waals surface area contributed by atoms with Crippen LogP contribution in [0.2, 0.25) is 0 Å². The van der Waals surface area contributed by atoms with Crippen LogP contribution in [0.4, 0.5) is 5.69 Å². The fraction of sp³-hybridized carbons (Fsp3) is 0.250. The summed E-state index contributed by atoms with van der Waals surface area (Å²) in [7, 11) is 0. The Bertz CT molecular complexity index is 628. The molecule has 0 fully saturated rings. The Balaban J connectivity index is 1.73. The molecule has 0 unspecified atom stereocenters. The Kier molecular flexibility index (Phi) is 3.83. The molecule has 2 aromatic rings. The van der Waals surface area contributed by atoms with E-state index in [-0.39, 0.29) is 0 Å². The normalized spacial score (nSPS) is 13.1. The van der Waals surface area contributed by atoms with Crippen molar-refractivity contribution in [1.29, 1.82) is 0 Å². The minimum absolute atomic E-state index is 0.620. The highest BCUT2D eigenvalue weighted by Crippen LogP contribution is 2.31. The SMILES string of the molecule is Cc1c(Br)cccc1NCc1ccc2c(c1)OCCO2. The minimum atomic E-state index is 0.620. The first-order valence-electron chi connectivity index (χ1n) is 6.61. The van der Waals surface area contributed by atoms with Gasteiger partial charge in [0.1, 0.15) is 13.2 Å². The molecule has 1 N–H and O–H groups in total. The van der Waals surface area contributed by atoms with Crippen molar-refractivity contribution < 1.29 is 9.47 Å². The average Bonchev–Trinajstić information content (AvgIpc) is 2.48. The number of hydrogen-bond acceptors (Lipinski definition) is 3. The van der Waals surface area contributed by atoms with Crippen molar-refractivity contribution in [3.63, 3.8) is 0 Å². The third kappa shape index (κ3) is 2.75. The number of anilines is 1. The molecule has 4 heteroatoms. The summed E-state index contributed by atoms with van der Waals surface area (Å²) >= 11 is 3.55. The molecule has 1 aliphatic heterocycles. The van der Waals surface area contributed by atoms with E-state index < -0.39 is 0 Å². The van der Waals surface area contributed by atoms with Crippen molar-refractivity contribution in [2.45, 2.75) is 13.5 Å². The number of rotatable bonds is 3. The van der Waals surface area contributed by atoms with Crippen molar-refractivity contribution in [3.05, 3.63) is 52.0 Å². The van der Waals surface area contributed by atoms with Gasteiger partial charge in [0.05, 0.1) is 0 Å². The second-order valence-corrected chi connectivity index (χ2v) is 5.60. The van der Waals surface area contributed by atoms with Crippen molar-refractivity contribution in [3.8, 4) is 11.5 Å². The zero-order chi connectivity index (χ0) is 13.9. The van der Waals surface area contributed by atoms with Crippen LogP contribution in [0.3, 0.4) is 0 Å². The minimum Gasteiger partial charge on any atom is -0.486 e. The van der Waals surface area contributed by atoms with Crippen molar-refractivity contribution >= 4 is 21.6 Å². The van der Waals surface area contributed by atoms with Crippen molar-refractivity contribution in [1.82, 2.24) is 0 Å². The van der Waals surface area contributed by atoms with Gasteiger partial charge in [-0.3, -0.25) is 0 Å². The molecule has 1 aliphatic rings. The zero-order valence-corrected chi connectivity index (χ0v) is 12.9. The van der Waals surface area contributed by atoms with Gasteiger partial charge in [0, 0.05) is 16.7 Å². The molecular weight excluding hydrogens is 318 g/mol. The fourth-order valence-electron chi connectivity index (χ4n) is 2.19. The van der Waals surface area contributed by atoms with Crippen LogP contribution in [0.5, 0.6) is 11.5 Å². The van der Waals surface area contributed by atoms with Gasteiger partial charge < -0.3 is 14.8 Å². The Hall–Kier alpha value is -1.68. The lowest BCUT2D eigenvalue weighted by atomic mass is 10.1. The summed E-state index contributed by atoms with van der Waals surface area (Å²) < 4.78 is 12.2. The highest BCUT2D eigenvalue weighted by atomic mass is 79.9. The molecule has 0 bridgehead atoms. The summed E-state index contributed by atoms with van der Waals surface area (Å²) in [4.78, 5) is 0. The van der Waals surface area contributed by atoms with Gasteiger partial charge in [0.2, 0.25) is 0 Å². The van der Waals surface area contributed by atoms with Crippen LogP contribution >= 0.6 is 15.9 Å². The van der Waals surface area contributed by atoms with E-state index in [0.717, 1.165) is 28.2 Å². The molecule has 1 heterocycles. The van der Waals surface area contributed by atoms with Crippen molar-refractivity contribution in [2.24, 2.45) is 0 Å². The quantitative estimate of drug-likeness (QED) is 0.915. The van der Waals surface area contributed by atoms with E-state index >= 15 is 0 Å². The molecule has 0 atom stereocenters. The summed E-state index contributed by atoms with van der Waals surface area (Å²) in [6, 6.07) is 12.2. The number of benzene rings is 2.